The molecule has 0 N–H and O–H groups in total. The SMILES string of the molecule is Cc1ccccc1[C@](C#N)(CCCN1CCN(c2ccccc2)CC1)C(C)C. The molecule has 0 bridgehead atoms. The van der Waals surface area contributed by atoms with Crippen molar-refractivity contribution in [2.24, 2.45) is 5.92 Å². The minimum atomic E-state index is -0.392. The summed E-state index contributed by atoms with van der Waals surface area (Å²) in [5, 5.41) is 10.2. The Kier molecular flexibility index (Phi) is 6.75. The first-order valence-electron chi connectivity index (χ1n) is 10.6. The normalized spacial score (nSPS) is 17.3. The van der Waals surface area contributed by atoms with Gasteiger partial charge in [-0.15, -0.1) is 0 Å². The van der Waals surface area contributed by atoms with E-state index in [4.69, 9.17) is 0 Å². The third kappa shape index (κ3) is 4.39. The standard InChI is InChI=1S/C25H33N3/c1-21(2)25(20-26,24-13-8-7-10-22(24)3)14-9-15-27-16-18-28(19-17-27)23-11-5-4-6-12-23/h4-8,10-13,21H,9,14-19H2,1-3H3/t25-/m0/s1. The van der Waals surface area contributed by atoms with Crippen LogP contribution in [0.15, 0.2) is 54.6 Å². The van der Waals surface area contributed by atoms with Crippen LogP contribution < -0.4 is 4.90 Å². The van der Waals surface area contributed by atoms with Gasteiger partial charge in [0.15, 0.2) is 0 Å². The average molecular weight is 376 g/mol. The van der Waals surface area contributed by atoms with Crippen LogP contribution in [0.3, 0.4) is 0 Å². The third-order valence-electron chi connectivity index (χ3n) is 6.35. The molecule has 148 valence electrons. The minimum absolute atomic E-state index is 0.300. The van der Waals surface area contributed by atoms with Gasteiger partial charge in [0.2, 0.25) is 0 Å². The predicted octanol–water partition coefficient (Wildman–Crippen LogP) is 5.01. The quantitative estimate of drug-likeness (QED) is 0.681. The van der Waals surface area contributed by atoms with Gasteiger partial charge in [-0.05, 0) is 55.5 Å². The molecule has 2 aromatic carbocycles. The number of piperazine rings is 1. The highest BCUT2D eigenvalue weighted by molar-refractivity contribution is 5.46. The smallest absolute Gasteiger partial charge is 0.0848 e. The number of hydrogen-bond donors (Lipinski definition) is 0. The Labute approximate surface area is 170 Å². The van der Waals surface area contributed by atoms with E-state index < -0.39 is 5.41 Å². The Balaban J connectivity index is 1.57. The zero-order valence-corrected chi connectivity index (χ0v) is 17.6. The number of rotatable bonds is 7. The Hall–Kier alpha value is -2.31. The second-order valence-electron chi connectivity index (χ2n) is 8.32. The van der Waals surface area contributed by atoms with Crippen LogP contribution in [0, 0.1) is 24.2 Å². The lowest BCUT2D eigenvalue weighted by atomic mass is 9.68. The summed E-state index contributed by atoms with van der Waals surface area (Å²) in [5.74, 6) is 0.300. The van der Waals surface area contributed by atoms with Gasteiger partial charge in [-0.25, -0.2) is 0 Å². The van der Waals surface area contributed by atoms with Gasteiger partial charge in [-0.1, -0.05) is 56.3 Å². The fourth-order valence-electron chi connectivity index (χ4n) is 4.50. The Morgan fingerprint density at radius 2 is 1.61 bits per heavy atom. The summed E-state index contributed by atoms with van der Waals surface area (Å²) in [5.41, 5.74) is 3.37. The van der Waals surface area contributed by atoms with Crippen molar-refractivity contribution in [3.8, 4) is 6.07 Å². The van der Waals surface area contributed by atoms with Gasteiger partial charge in [-0.2, -0.15) is 5.26 Å². The lowest BCUT2D eigenvalue weighted by Gasteiger charge is -2.37. The topological polar surface area (TPSA) is 30.3 Å². The van der Waals surface area contributed by atoms with Crippen molar-refractivity contribution >= 4 is 5.69 Å². The molecule has 1 aliphatic rings. The van der Waals surface area contributed by atoms with Gasteiger partial charge in [0.25, 0.3) is 0 Å². The van der Waals surface area contributed by atoms with Crippen LogP contribution in [0.4, 0.5) is 5.69 Å². The summed E-state index contributed by atoms with van der Waals surface area (Å²) in [6, 6.07) is 21.8. The van der Waals surface area contributed by atoms with E-state index in [9.17, 15) is 5.26 Å². The molecule has 2 aromatic rings. The van der Waals surface area contributed by atoms with E-state index in [0.29, 0.717) is 5.92 Å². The van der Waals surface area contributed by atoms with Gasteiger partial charge >= 0.3 is 0 Å². The molecule has 3 nitrogen and oxygen atoms in total. The van der Waals surface area contributed by atoms with Crippen molar-refractivity contribution < 1.29 is 0 Å². The minimum Gasteiger partial charge on any atom is -0.369 e. The van der Waals surface area contributed by atoms with E-state index in [-0.39, 0.29) is 0 Å². The molecule has 0 saturated carbocycles. The lowest BCUT2D eigenvalue weighted by Crippen LogP contribution is -2.47. The molecular formula is C25H33N3. The van der Waals surface area contributed by atoms with E-state index >= 15 is 0 Å². The molecule has 0 spiro atoms. The fourth-order valence-corrected chi connectivity index (χ4v) is 4.50. The second kappa shape index (κ2) is 9.26. The number of anilines is 1. The molecule has 0 aromatic heterocycles. The van der Waals surface area contributed by atoms with E-state index in [1.807, 2.05) is 0 Å². The summed E-state index contributed by atoms with van der Waals surface area (Å²) in [4.78, 5) is 5.03. The van der Waals surface area contributed by atoms with E-state index in [0.717, 1.165) is 45.6 Å². The summed E-state index contributed by atoms with van der Waals surface area (Å²) < 4.78 is 0. The molecule has 1 fully saturated rings. The highest BCUT2D eigenvalue weighted by atomic mass is 15.3. The number of para-hydroxylation sites is 1. The van der Waals surface area contributed by atoms with E-state index in [2.05, 4.69) is 91.2 Å². The molecule has 28 heavy (non-hydrogen) atoms. The maximum Gasteiger partial charge on any atom is 0.0848 e. The number of nitriles is 1. The molecule has 3 heteroatoms. The monoisotopic (exact) mass is 375 g/mol. The fraction of sp³-hybridized carbons (Fsp3) is 0.480. The molecule has 1 atom stereocenters. The highest BCUT2D eigenvalue weighted by Gasteiger charge is 2.36. The van der Waals surface area contributed by atoms with Crippen molar-refractivity contribution in [1.82, 2.24) is 4.90 Å². The molecule has 0 radical (unpaired) electrons. The Morgan fingerprint density at radius 3 is 2.21 bits per heavy atom. The van der Waals surface area contributed by atoms with Crippen LogP contribution >= 0.6 is 0 Å². The first-order valence-corrected chi connectivity index (χ1v) is 10.6. The van der Waals surface area contributed by atoms with Crippen LogP contribution in [-0.2, 0) is 5.41 Å². The lowest BCUT2D eigenvalue weighted by molar-refractivity contribution is 0.239. The van der Waals surface area contributed by atoms with Crippen molar-refractivity contribution in [2.45, 2.75) is 39.0 Å². The van der Waals surface area contributed by atoms with Crippen molar-refractivity contribution in [1.29, 1.82) is 5.26 Å². The van der Waals surface area contributed by atoms with Gasteiger partial charge in [0.1, 0.15) is 0 Å². The number of hydrogen-bond acceptors (Lipinski definition) is 3. The van der Waals surface area contributed by atoms with Crippen LogP contribution in [0.2, 0.25) is 0 Å². The van der Waals surface area contributed by atoms with Crippen LogP contribution in [0.25, 0.3) is 0 Å². The maximum absolute atomic E-state index is 10.2. The molecule has 3 rings (SSSR count). The van der Waals surface area contributed by atoms with Gasteiger partial charge < -0.3 is 4.90 Å². The number of benzene rings is 2. The first kappa shape index (κ1) is 20.4. The van der Waals surface area contributed by atoms with Gasteiger partial charge in [0, 0.05) is 31.9 Å². The zero-order valence-electron chi connectivity index (χ0n) is 17.6. The Bertz CT molecular complexity index is 785. The van der Waals surface area contributed by atoms with Gasteiger partial charge in [0.05, 0.1) is 11.5 Å². The molecule has 1 aliphatic heterocycles. The maximum atomic E-state index is 10.2. The van der Waals surface area contributed by atoms with E-state index in [1.54, 1.807) is 0 Å². The molecule has 0 aliphatic carbocycles. The summed E-state index contributed by atoms with van der Waals surface area (Å²) >= 11 is 0. The largest absolute Gasteiger partial charge is 0.369 e. The first-order chi connectivity index (χ1) is 13.6. The summed E-state index contributed by atoms with van der Waals surface area (Å²) in [6.07, 6.45) is 1.98. The van der Waals surface area contributed by atoms with Crippen LogP contribution in [0.5, 0.6) is 0 Å². The number of aryl methyl sites for hydroxylation is 1. The van der Waals surface area contributed by atoms with Crippen molar-refractivity contribution in [3.63, 3.8) is 0 Å². The number of nitrogens with zero attached hydrogens (tertiary/aromatic N) is 3. The van der Waals surface area contributed by atoms with Crippen molar-refractivity contribution in [2.75, 3.05) is 37.6 Å². The Morgan fingerprint density at radius 1 is 0.964 bits per heavy atom. The molecule has 1 heterocycles. The average Bonchev–Trinajstić information content (AvgIpc) is 2.73. The molecule has 1 saturated heterocycles. The van der Waals surface area contributed by atoms with Crippen LogP contribution in [-0.4, -0.2) is 37.6 Å². The zero-order chi connectivity index (χ0) is 20.0. The van der Waals surface area contributed by atoms with Crippen molar-refractivity contribution in [3.05, 3.63) is 65.7 Å². The summed E-state index contributed by atoms with van der Waals surface area (Å²) in [6.45, 7) is 11.9. The highest BCUT2D eigenvalue weighted by Crippen LogP contribution is 2.38. The molecule has 0 unspecified atom stereocenters. The molecule has 0 amide bonds. The summed E-state index contributed by atoms with van der Waals surface area (Å²) in [7, 11) is 0. The van der Waals surface area contributed by atoms with Gasteiger partial charge in [-0.3, -0.25) is 4.90 Å². The third-order valence-corrected chi connectivity index (χ3v) is 6.35. The molecular weight excluding hydrogens is 342 g/mol. The van der Waals surface area contributed by atoms with E-state index in [1.165, 1.54) is 16.8 Å². The predicted molar refractivity (Wildman–Crippen MR) is 118 cm³/mol. The second-order valence-corrected chi connectivity index (χ2v) is 8.32. The van der Waals surface area contributed by atoms with Crippen LogP contribution in [0.1, 0.15) is 37.8 Å².